The van der Waals surface area contributed by atoms with Gasteiger partial charge in [0, 0.05) is 25.7 Å². The standard InChI is InChI=1S/C24H30N2O3/c1-4-28-22-13-11-19(17-23(22)29-5-2)12-14-24(27)26-16-15-25(3)18-21(26)20-9-7-6-8-10-20/h6-14,17,21H,4-5,15-16,18H2,1-3H3/b14-12+. The van der Waals surface area contributed by atoms with Crippen molar-refractivity contribution in [3.8, 4) is 11.5 Å². The molecule has 29 heavy (non-hydrogen) atoms. The van der Waals surface area contributed by atoms with E-state index in [0.717, 1.165) is 24.4 Å². The van der Waals surface area contributed by atoms with Crippen LogP contribution in [-0.4, -0.2) is 55.6 Å². The summed E-state index contributed by atoms with van der Waals surface area (Å²) < 4.78 is 11.3. The molecule has 2 aromatic carbocycles. The van der Waals surface area contributed by atoms with Gasteiger partial charge in [-0.15, -0.1) is 0 Å². The number of hydrogen-bond donors (Lipinski definition) is 0. The number of likely N-dealkylation sites (N-methyl/N-ethyl adjacent to an activating group) is 1. The highest BCUT2D eigenvalue weighted by atomic mass is 16.5. The summed E-state index contributed by atoms with van der Waals surface area (Å²) >= 11 is 0. The van der Waals surface area contributed by atoms with E-state index in [9.17, 15) is 4.79 Å². The molecule has 1 heterocycles. The molecule has 5 nitrogen and oxygen atoms in total. The van der Waals surface area contributed by atoms with E-state index in [-0.39, 0.29) is 11.9 Å². The van der Waals surface area contributed by atoms with Crippen LogP contribution < -0.4 is 9.47 Å². The molecule has 0 saturated carbocycles. The first kappa shape index (κ1) is 20.9. The number of rotatable bonds is 7. The Labute approximate surface area is 173 Å². The van der Waals surface area contributed by atoms with Crippen LogP contribution in [-0.2, 0) is 4.79 Å². The van der Waals surface area contributed by atoms with E-state index in [1.807, 2.05) is 61.2 Å². The number of amides is 1. The van der Waals surface area contributed by atoms with Crippen molar-refractivity contribution in [1.29, 1.82) is 0 Å². The van der Waals surface area contributed by atoms with Crippen LogP contribution in [0.25, 0.3) is 6.08 Å². The van der Waals surface area contributed by atoms with E-state index >= 15 is 0 Å². The maximum absolute atomic E-state index is 13.0. The number of hydrogen-bond acceptors (Lipinski definition) is 4. The predicted molar refractivity (Wildman–Crippen MR) is 116 cm³/mol. The maximum atomic E-state index is 13.0. The van der Waals surface area contributed by atoms with Gasteiger partial charge in [-0.25, -0.2) is 0 Å². The molecule has 1 unspecified atom stereocenters. The fourth-order valence-electron chi connectivity index (χ4n) is 3.58. The average Bonchev–Trinajstić information content (AvgIpc) is 2.74. The van der Waals surface area contributed by atoms with Gasteiger partial charge in [-0.3, -0.25) is 4.79 Å². The summed E-state index contributed by atoms with van der Waals surface area (Å²) in [6.07, 6.45) is 3.51. The van der Waals surface area contributed by atoms with Crippen molar-refractivity contribution in [2.24, 2.45) is 0 Å². The summed E-state index contributed by atoms with van der Waals surface area (Å²) in [6.45, 7) is 7.46. The Hall–Kier alpha value is -2.79. The summed E-state index contributed by atoms with van der Waals surface area (Å²) in [5.41, 5.74) is 2.08. The van der Waals surface area contributed by atoms with Crippen molar-refractivity contribution in [3.63, 3.8) is 0 Å². The topological polar surface area (TPSA) is 42.0 Å². The third-order valence-electron chi connectivity index (χ3n) is 5.04. The molecule has 3 rings (SSSR count). The largest absolute Gasteiger partial charge is 0.490 e. The molecule has 0 N–H and O–H groups in total. The van der Waals surface area contributed by atoms with Crippen LogP contribution in [0, 0.1) is 0 Å². The fraction of sp³-hybridized carbons (Fsp3) is 0.375. The highest BCUT2D eigenvalue weighted by Crippen LogP contribution is 2.29. The maximum Gasteiger partial charge on any atom is 0.247 e. The molecule has 0 radical (unpaired) electrons. The average molecular weight is 395 g/mol. The Bertz CT molecular complexity index is 835. The number of nitrogens with zero attached hydrogens (tertiary/aromatic N) is 2. The smallest absolute Gasteiger partial charge is 0.247 e. The summed E-state index contributed by atoms with van der Waals surface area (Å²) in [4.78, 5) is 17.2. The Morgan fingerprint density at radius 1 is 1.03 bits per heavy atom. The zero-order chi connectivity index (χ0) is 20.6. The van der Waals surface area contributed by atoms with Crippen molar-refractivity contribution < 1.29 is 14.3 Å². The molecular formula is C24H30N2O3. The van der Waals surface area contributed by atoms with Gasteiger partial charge in [-0.1, -0.05) is 36.4 Å². The van der Waals surface area contributed by atoms with E-state index in [2.05, 4.69) is 24.1 Å². The van der Waals surface area contributed by atoms with Gasteiger partial charge < -0.3 is 19.3 Å². The van der Waals surface area contributed by atoms with Crippen molar-refractivity contribution in [1.82, 2.24) is 9.80 Å². The van der Waals surface area contributed by atoms with Gasteiger partial charge in [0.25, 0.3) is 0 Å². The molecule has 1 aliphatic rings. The molecule has 1 aliphatic heterocycles. The predicted octanol–water partition coefficient (Wildman–Crippen LogP) is 4.01. The highest BCUT2D eigenvalue weighted by Gasteiger charge is 2.28. The lowest BCUT2D eigenvalue weighted by Gasteiger charge is -2.40. The number of carbonyl (C=O) groups is 1. The Morgan fingerprint density at radius 2 is 1.76 bits per heavy atom. The van der Waals surface area contributed by atoms with Crippen LogP contribution in [0.2, 0.25) is 0 Å². The van der Waals surface area contributed by atoms with E-state index in [0.29, 0.717) is 25.5 Å². The van der Waals surface area contributed by atoms with Crippen LogP contribution >= 0.6 is 0 Å². The molecule has 5 heteroatoms. The number of piperazine rings is 1. The molecule has 0 aliphatic carbocycles. The second-order valence-corrected chi connectivity index (χ2v) is 7.13. The number of carbonyl (C=O) groups excluding carboxylic acids is 1. The third-order valence-corrected chi connectivity index (χ3v) is 5.04. The van der Waals surface area contributed by atoms with E-state index in [1.54, 1.807) is 6.08 Å². The Kier molecular flexibility index (Phi) is 7.30. The van der Waals surface area contributed by atoms with Crippen LogP contribution in [0.3, 0.4) is 0 Å². The van der Waals surface area contributed by atoms with Gasteiger partial charge in [-0.05, 0) is 50.2 Å². The van der Waals surface area contributed by atoms with Gasteiger partial charge in [0.05, 0.1) is 19.3 Å². The van der Waals surface area contributed by atoms with Crippen molar-refractivity contribution in [2.45, 2.75) is 19.9 Å². The highest BCUT2D eigenvalue weighted by molar-refractivity contribution is 5.92. The molecule has 0 spiro atoms. The van der Waals surface area contributed by atoms with Crippen LogP contribution in [0.15, 0.2) is 54.6 Å². The van der Waals surface area contributed by atoms with Crippen LogP contribution in [0.5, 0.6) is 11.5 Å². The summed E-state index contributed by atoms with van der Waals surface area (Å²) in [5.74, 6) is 1.45. The van der Waals surface area contributed by atoms with Crippen molar-refractivity contribution >= 4 is 12.0 Å². The van der Waals surface area contributed by atoms with Gasteiger partial charge in [0.15, 0.2) is 11.5 Å². The first-order valence-corrected chi connectivity index (χ1v) is 10.2. The monoisotopic (exact) mass is 394 g/mol. The van der Waals surface area contributed by atoms with Gasteiger partial charge in [0.2, 0.25) is 5.91 Å². The molecule has 0 aromatic heterocycles. The number of benzene rings is 2. The lowest BCUT2D eigenvalue weighted by Crippen LogP contribution is -2.48. The zero-order valence-electron chi connectivity index (χ0n) is 17.5. The quantitative estimate of drug-likeness (QED) is 0.666. The van der Waals surface area contributed by atoms with Gasteiger partial charge in [-0.2, -0.15) is 0 Å². The molecule has 2 aromatic rings. The first-order chi connectivity index (χ1) is 14.1. The molecule has 1 atom stereocenters. The fourth-order valence-corrected chi connectivity index (χ4v) is 3.58. The van der Waals surface area contributed by atoms with Crippen molar-refractivity contribution in [3.05, 3.63) is 65.7 Å². The molecule has 1 fully saturated rings. The lowest BCUT2D eigenvalue weighted by molar-refractivity contribution is -0.130. The van der Waals surface area contributed by atoms with E-state index < -0.39 is 0 Å². The normalized spacial score (nSPS) is 17.5. The molecule has 154 valence electrons. The second kappa shape index (κ2) is 10.1. The Morgan fingerprint density at radius 3 is 2.48 bits per heavy atom. The van der Waals surface area contributed by atoms with Crippen molar-refractivity contribution in [2.75, 3.05) is 39.9 Å². The van der Waals surface area contributed by atoms with Crippen LogP contribution in [0.4, 0.5) is 0 Å². The minimum Gasteiger partial charge on any atom is -0.490 e. The zero-order valence-corrected chi connectivity index (χ0v) is 17.5. The van der Waals surface area contributed by atoms with Crippen LogP contribution in [0.1, 0.15) is 31.0 Å². The van der Waals surface area contributed by atoms with Gasteiger partial charge >= 0.3 is 0 Å². The Balaban J connectivity index is 1.77. The molecule has 1 saturated heterocycles. The summed E-state index contributed by atoms with van der Waals surface area (Å²) in [7, 11) is 2.10. The minimum absolute atomic E-state index is 0.0267. The minimum atomic E-state index is 0.0267. The second-order valence-electron chi connectivity index (χ2n) is 7.13. The number of ether oxygens (including phenoxy) is 2. The first-order valence-electron chi connectivity index (χ1n) is 10.2. The van der Waals surface area contributed by atoms with E-state index in [1.165, 1.54) is 5.56 Å². The molecule has 1 amide bonds. The third kappa shape index (κ3) is 5.39. The molecular weight excluding hydrogens is 364 g/mol. The summed E-state index contributed by atoms with van der Waals surface area (Å²) in [6, 6.07) is 16.0. The van der Waals surface area contributed by atoms with E-state index in [4.69, 9.17) is 9.47 Å². The van der Waals surface area contributed by atoms with Gasteiger partial charge in [0.1, 0.15) is 0 Å². The summed E-state index contributed by atoms with van der Waals surface area (Å²) in [5, 5.41) is 0. The molecule has 0 bridgehead atoms. The lowest BCUT2D eigenvalue weighted by atomic mass is 10.0. The SMILES string of the molecule is CCOc1ccc(/C=C/C(=O)N2CCN(C)CC2c2ccccc2)cc1OCC.